The van der Waals surface area contributed by atoms with Gasteiger partial charge in [-0.15, -0.1) is 0 Å². The van der Waals surface area contributed by atoms with Gasteiger partial charge < -0.3 is 14.2 Å². The summed E-state index contributed by atoms with van der Waals surface area (Å²) in [6.45, 7) is 13.2. The Morgan fingerprint density at radius 1 is 0.853 bits per heavy atom. The Balaban J connectivity index is 2.07. The molecular formula is C29H40O5. The molecule has 0 unspecified atom stereocenters. The van der Waals surface area contributed by atoms with Crippen molar-refractivity contribution in [1.29, 1.82) is 0 Å². The van der Waals surface area contributed by atoms with Gasteiger partial charge in [0.25, 0.3) is 0 Å². The van der Waals surface area contributed by atoms with Gasteiger partial charge in [0.15, 0.2) is 0 Å². The second kappa shape index (κ2) is 12.6. The summed E-state index contributed by atoms with van der Waals surface area (Å²) in [5.74, 6) is -0.461. The van der Waals surface area contributed by atoms with Gasteiger partial charge >= 0.3 is 11.9 Å². The molecule has 0 amide bonds. The normalized spacial score (nSPS) is 14.2. The fourth-order valence-corrected chi connectivity index (χ4v) is 3.93. The Hall–Kier alpha value is -2.82. The topological polar surface area (TPSA) is 61.8 Å². The van der Waals surface area contributed by atoms with Crippen LogP contribution in [0.5, 0.6) is 5.75 Å². The third-order valence-electron chi connectivity index (χ3n) is 5.81. The maximum absolute atomic E-state index is 12.7. The first-order valence-corrected chi connectivity index (χ1v) is 12.3. The van der Waals surface area contributed by atoms with E-state index in [0.717, 1.165) is 29.7 Å². The predicted molar refractivity (Wildman–Crippen MR) is 136 cm³/mol. The van der Waals surface area contributed by atoms with Crippen molar-refractivity contribution in [3.05, 3.63) is 54.6 Å². The first kappa shape index (κ1) is 27.4. The van der Waals surface area contributed by atoms with E-state index in [9.17, 15) is 9.59 Å². The van der Waals surface area contributed by atoms with Crippen LogP contribution >= 0.6 is 0 Å². The lowest BCUT2D eigenvalue weighted by Crippen LogP contribution is -2.40. The monoisotopic (exact) mass is 468 g/mol. The van der Waals surface area contributed by atoms with Crippen molar-refractivity contribution in [2.45, 2.75) is 85.5 Å². The zero-order valence-electron chi connectivity index (χ0n) is 21.7. The summed E-state index contributed by atoms with van der Waals surface area (Å²) < 4.78 is 17.5. The zero-order valence-corrected chi connectivity index (χ0v) is 21.7. The van der Waals surface area contributed by atoms with E-state index in [1.807, 2.05) is 49.4 Å². The molecule has 0 spiro atoms. The number of carbonyl (C=O) groups excluding carboxylic acids is 2. The van der Waals surface area contributed by atoms with Gasteiger partial charge in [-0.05, 0) is 69.7 Å². The highest BCUT2D eigenvalue weighted by atomic mass is 16.6. The average molecular weight is 469 g/mol. The number of hydrogen-bond acceptors (Lipinski definition) is 5. The van der Waals surface area contributed by atoms with Crippen LogP contribution in [0.1, 0.15) is 67.7 Å². The minimum Gasteiger partial charge on any atom is -0.486 e. The molecule has 0 fully saturated rings. The first-order valence-electron chi connectivity index (χ1n) is 12.3. The van der Waals surface area contributed by atoms with Gasteiger partial charge in [0.1, 0.15) is 23.6 Å². The number of hydrogen-bond donors (Lipinski definition) is 0. The average Bonchev–Trinajstić information content (AvgIpc) is 2.78. The van der Waals surface area contributed by atoms with Crippen LogP contribution in [0.3, 0.4) is 0 Å². The van der Waals surface area contributed by atoms with E-state index in [4.69, 9.17) is 14.2 Å². The van der Waals surface area contributed by atoms with E-state index in [1.165, 1.54) is 0 Å². The molecule has 0 heterocycles. The van der Waals surface area contributed by atoms with Gasteiger partial charge in [0.2, 0.25) is 0 Å². The lowest BCUT2D eigenvalue weighted by atomic mass is 9.93. The second-order valence-corrected chi connectivity index (χ2v) is 9.88. The first-order chi connectivity index (χ1) is 16.0. The summed E-state index contributed by atoms with van der Waals surface area (Å²) in [6.07, 6.45) is 1.03. The maximum Gasteiger partial charge on any atom is 0.309 e. The Morgan fingerprint density at radius 3 is 1.94 bits per heavy atom. The van der Waals surface area contributed by atoms with Crippen LogP contribution in [0, 0.1) is 11.8 Å². The van der Waals surface area contributed by atoms with Crippen LogP contribution in [0.2, 0.25) is 0 Å². The van der Waals surface area contributed by atoms with Crippen LogP contribution in [0.15, 0.2) is 54.6 Å². The quantitative estimate of drug-likeness (QED) is 0.338. The smallest absolute Gasteiger partial charge is 0.309 e. The van der Waals surface area contributed by atoms with Gasteiger partial charge in [-0.3, -0.25) is 9.59 Å². The van der Waals surface area contributed by atoms with Crippen LogP contribution in [-0.4, -0.2) is 29.7 Å². The minimum absolute atomic E-state index is 0.0136. The molecule has 0 N–H and O–H groups in total. The molecule has 5 nitrogen and oxygen atoms in total. The van der Waals surface area contributed by atoms with E-state index in [1.54, 1.807) is 27.7 Å². The Labute approximate surface area is 204 Å². The molecule has 0 aliphatic rings. The molecule has 2 aromatic carbocycles. The highest BCUT2D eigenvalue weighted by Gasteiger charge is 2.31. The summed E-state index contributed by atoms with van der Waals surface area (Å²) in [5, 5.41) is 0. The lowest BCUT2D eigenvalue weighted by molar-refractivity contribution is -0.166. The maximum atomic E-state index is 12.7. The fraction of sp³-hybridized carbons (Fsp3) is 0.517. The molecule has 0 saturated heterocycles. The Kier molecular flexibility index (Phi) is 10.2. The summed E-state index contributed by atoms with van der Waals surface area (Å²) >= 11 is 0. The molecule has 2 rings (SSSR count). The van der Waals surface area contributed by atoms with Crippen LogP contribution in [0.4, 0.5) is 0 Å². The number of carbonyl (C=O) groups is 2. The molecule has 186 valence electrons. The molecule has 0 radical (unpaired) electrons. The fourth-order valence-electron chi connectivity index (χ4n) is 3.93. The summed E-state index contributed by atoms with van der Waals surface area (Å²) in [4.78, 5) is 24.8. The predicted octanol–water partition coefficient (Wildman–Crippen LogP) is 6.84. The zero-order chi connectivity index (χ0) is 25.3. The molecule has 5 heteroatoms. The molecule has 0 saturated carbocycles. The van der Waals surface area contributed by atoms with E-state index in [0.29, 0.717) is 0 Å². The Morgan fingerprint density at radius 2 is 1.41 bits per heavy atom. The van der Waals surface area contributed by atoms with Crippen molar-refractivity contribution in [2.24, 2.45) is 11.8 Å². The van der Waals surface area contributed by atoms with Crippen LogP contribution < -0.4 is 4.74 Å². The molecule has 0 aliphatic heterocycles. The highest BCUT2D eigenvalue weighted by molar-refractivity contribution is 5.80. The van der Waals surface area contributed by atoms with Crippen LogP contribution in [-0.2, 0) is 19.1 Å². The van der Waals surface area contributed by atoms with Gasteiger partial charge in [-0.25, -0.2) is 0 Å². The standard InChI is InChI=1S/C29H40O5/c1-8-22(9-2)27(21(4)32-28(31)20(3)19-26(30)34-29(5,6)7)33-25-17-15-24(16-18-25)23-13-11-10-12-14-23/h10-18,20-22,27H,8-9,19H2,1-7H3/t20-,21+,27+/m1/s1. The van der Waals surface area contributed by atoms with Crippen molar-refractivity contribution < 1.29 is 23.8 Å². The summed E-state index contributed by atoms with van der Waals surface area (Å²) in [7, 11) is 0. The number of esters is 2. The van der Waals surface area contributed by atoms with Gasteiger partial charge in [-0.1, -0.05) is 63.2 Å². The second-order valence-electron chi connectivity index (χ2n) is 9.88. The van der Waals surface area contributed by atoms with E-state index < -0.39 is 29.6 Å². The molecule has 0 bridgehead atoms. The number of rotatable bonds is 11. The Bertz CT molecular complexity index is 894. The molecule has 0 aliphatic carbocycles. The van der Waals surface area contributed by atoms with E-state index in [2.05, 4.69) is 26.0 Å². The molecular weight excluding hydrogens is 428 g/mol. The summed E-state index contributed by atoms with van der Waals surface area (Å²) in [6, 6.07) is 18.2. The van der Waals surface area contributed by atoms with Crippen molar-refractivity contribution in [2.75, 3.05) is 0 Å². The van der Waals surface area contributed by atoms with Crippen molar-refractivity contribution in [1.82, 2.24) is 0 Å². The number of benzene rings is 2. The van der Waals surface area contributed by atoms with E-state index in [-0.39, 0.29) is 18.4 Å². The van der Waals surface area contributed by atoms with Gasteiger partial charge in [0, 0.05) is 0 Å². The largest absolute Gasteiger partial charge is 0.486 e. The highest BCUT2D eigenvalue weighted by Crippen LogP contribution is 2.27. The van der Waals surface area contributed by atoms with Crippen LogP contribution in [0.25, 0.3) is 11.1 Å². The van der Waals surface area contributed by atoms with Crippen molar-refractivity contribution >= 4 is 11.9 Å². The van der Waals surface area contributed by atoms with Crippen molar-refractivity contribution in [3.8, 4) is 16.9 Å². The minimum atomic E-state index is -0.593. The molecule has 34 heavy (non-hydrogen) atoms. The SMILES string of the molecule is CCC(CC)[C@@H](Oc1ccc(-c2ccccc2)cc1)[C@H](C)OC(=O)[C@H](C)CC(=O)OC(C)(C)C. The molecule has 3 atom stereocenters. The lowest BCUT2D eigenvalue weighted by Gasteiger charge is -2.31. The number of ether oxygens (including phenoxy) is 3. The van der Waals surface area contributed by atoms with Crippen molar-refractivity contribution in [3.63, 3.8) is 0 Å². The molecule has 0 aromatic heterocycles. The third-order valence-corrected chi connectivity index (χ3v) is 5.81. The molecule has 2 aromatic rings. The van der Waals surface area contributed by atoms with E-state index >= 15 is 0 Å². The van der Waals surface area contributed by atoms with Gasteiger partial charge in [0.05, 0.1) is 12.3 Å². The summed E-state index contributed by atoms with van der Waals surface area (Å²) in [5.41, 5.74) is 1.67. The van der Waals surface area contributed by atoms with Gasteiger partial charge in [-0.2, -0.15) is 0 Å². The third kappa shape index (κ3) is 8.51.